The Morgan fingerprint density at radius 2 is 1.68 bits per heavy atom. The van der Waals surface area contributed by atoms with E-state index in [1.807, 2.05) is 24.3 Å². The zero-order valence-electron chi connectivity index (χ0n) is 14.7. The molecule has 3 rings (SSSR count). The molecule has 0 spiro atoms. The summed E-state index contributed by atoms with van der Waals surface area (Å²) in [5.74, 6) is 0.810. The number of benzene rings is 1. The molecule has 1 saturated carbocycles. The van der Waals surface area contributed by atoms with Crippen molar-refractivity contribution in [3.8, 4) is 5.75 Å². The summed E-state index contributed by atoms with van der Waals surface area (Å²) in [5.41, 5.74) is 0.937. The maximum atomic E-state index is 12.6. The van der Waals surface area contributed by atoms with Crippen LogP contribution >= 0.6 is 0 Å². The Morgan fingerprint density at radius 1 is 1.08 bits per heavy atom. The van der Waals surface area contributed by atoms with Gasteiger partial charge in [0.2, 0.25) is 15.9 Å². The van der Waals surface area contributed by atoms with Crippen LogP contribution in [0.1, 0.15) is 31.2 Å². The molecule has 6 nitrogen and oxygen atoms in total. The molecule has 138 valence electrons. The summed E-state index contributed by atoms with van der Waals surface area (Å²) < 4.78 is 32.0. The fourth-order valence-corrected chi connectivity index (χ4v) is 5.64. The van der Waals surface area contributed by atoms with E-state index in [4.69, 9.17) is 4.74 Å². The van der Waals surface area contributed by atoms with Crippen molar-refractivity contribution in [2.75, 3.05) is 33.3 Å². The van der Waals surface area contributed by atoms with Crippen LogP contribution < -0.4 is 4.74 Å². The van der Waals surface area contributed by atoms with Crippen molar-refractivity contribution in [2.24, 2.45) is 0 Å². The van der Waals surface area contributed by atoms with E-state index in [-0.39, 0.29) is 11.2 Å². The van der Waals surface area contributed by atoms with Gasteiger partial charge >= 0.3 is 0 Å². The monoisotopic (exact) mass is 366 g/mol. The van der Waals surface area contributed by atoms with Gasteiger partial charge in [0.25, 0.3) is 0 Å². The van der Waals surface area contributed by atoms with Crippen molar-refractivity contribution < 1.29 is 17.9 Å². The maximum Gasteiger partial charge on any atom is 0.227 e. The summed E-state index contributed by atoms with van der Waals surface area (Å²) in [5, 5.41) is -0.214. The van der Waals surface area contributed by atoms with Crippen molar-refractivity contribution in [1.29, 1.82) is 0 Å². The van der Waals surface area contributed by atoms with Crippen LogP contribution in [-0.4, -0.2) is 62.1 Å². The first kappa shape index (κ1) is 18.2. The summed E-state index contributed by atoms with van der Waals surface area (Å²) in [4.78, 5) is 14.2. The van der Waals surface area contributed by atoms with E-state index >= 15 is 0 Å². The lowest BCUT2D eigenvalue weighted by Gasteiger charge is -2.35. The predicted octanol–water partition coefficient (Wildman–Crippen LogP) is 1.65. The Kier molecular flexibility index (Phi) is 5.64. The fraction of sp³-hybridized carbons (Fsp3) is 0.611. The van der Waals surface area contributed by atoms with Gasteiger partial charge in [-0.3, -0.25) is 4.79 Å². The van der Waals surface area contributed by atoms with Crippen LogP contribution in [0.3, 0.4) is 0 Å². The molecule has 1 aliphatic heterocycles. The number of sulfonamides is 1. The minimum atomic E-state index is -3.20. The Labute approximate surface area is 149 Å². The molecule has 1 heterocycles. The molecule has 0 N–H and O–H groups in total. The largest absolute Gasteiger partial charge is 0.497 e. The lowest BCUT2D eigenvalue weighted by molar-refractivity contribution is -0.131. The van der Waals surface area contributed by atoms with Crippen LogP contribution in [-0.2, 0) is 21.2 Å². The minimum Gasteiger partial charge on any atom is -0.497 e. The van der Waals surface area contributed by atoms with Crippen molar-refractivity contribution in [1.82, 2.24) is 9.21 Å². The van der Waals surface area contributed by atoms with Crippen molar-refractivity contribution in [3.05, 3.63) is 29.8 Å². The standard InChI is InChI=1S/C18H26N2O4S/c1-24-16-8-6-15(7-9-16)14-18(21)19-10-12-20(13-11-19)25(22,23)17-4-2-3-5-17/h6-9,17H,2-5,10-14H2,1H3. The second kappa shape index (κ2) is 7.74. The maximum absolute atomic E-state index is 12.6. The van der Waals surface area contributed by atoms with Gasteiger partial charge in [0, 0.05) is 26.2 Å². The number of rotatable bonds is 5. The molecule has 1 aromatic rings. The number of carbonyl (C=O) groups is 1. The van der Waals surface area contributed by atoms with E-state index in [1.54, 1.807) is 16.3 Å². The zero-order chi connectivity index (χ0) is 17.9. The van der Waals surface area contributed by atoms with E-state index in [0.717, 1.165) is 37.0 Å². The molecule has 0 atom stereocenters. The van der Waals surface area contributed by atoms with Gasteiger partial charge in [-0.05, 0) is 30.5 Å². The Hall–Kier alpha value is -1.60. The molecule has 1 amide bonds. The van der Waals surface area contributed by atoms with Gasteiger partial charge < -0.3 is 9.64 Å². The first-order valence-electron chi connectivity index (χ1n) is 8.90. The van der Waals surface area contributed by atoms with E-state index in [9.17, 15) is 13.2 Å². The number of nitrogens with zero attached hydrogens (tertiary/aromatic N) is 2. The van der Waals surface area contributed by atoms with E-state index in [2.05, 4.69) is 0 Å². The first-order chi connectivity index (χ1) is 12.0. The van der Waals surface area contributed by atoms with E-state index < -0.39 is 10.0 Å². The fourth-order valence-electron chi connectivity index (χ4n) is 3.62. The average Bonchev–Trinajstić information content (AvgIpc) is 3.18. The smallest absolute Gasteiger partial charge is 0.227 e. The number of carbonyl (C=O) groups excluding carboxylic acids is 1. The summed E-state index contributed by atoms with van der Waals surface area (Å²) in [6.45, 7) is 1.77. The predicted molar refractivity (Wildman–Crippen MR) is 96.0 cm³/mol. The van der Waals surface area contributed by atoms with E-state index in [1.165, 1.54) is 0 Å². The lowest BCUT2D eigenvalue weighted by Crippen LogP contribution is -2.52. The number of amides is 1. The second-order valence-electron chi connectivity index (χ2n) is 6.76. The van der Waals surface area contributed by atoms with Gasteiger partial charge in [-0.1, -0.05) is 25.0 Å². The number of hydrogen-bond donors (Lipinski definition) is 0. The van der Waals surface area contributed by atoms with Crippen LogP contribution in [0.15, 0.2) is 24.3 Å². The van der Waals surface area contributed by atoms with Gasteiger partial charge in [-0.15, -0.1) is 0 Å². The summed E-state index contributed by atoms with van der Waals surface area (Å²) in [7, 11) is -1.59. The number of piperazine rings is 1. The molecule has 2 aliphatic rings. The van der Waals surface area contributed by atoms with E-state index in [0.29, 0.717) is 32.6 Å². The molecule has 1 saturated heterocycles. The SMILES string of the molecule is COc1ccc(CC(=O)N2CCN(S(=O)(=O)C3CCCC3)CC2)cc1. The number of methoxy groups -OCH3 is 1. The average molecular weight is 366 g/mol. The minimum absolute atomic E-state index is 0.0445. The van der Waals surface area contributed by atoms with Crippen LogP contribution in [0.25, 0.3) is 0 Å². The molecule has 0 unspecified atom stereocenters. The summed E-state index contributed by atoms with van der Waals surface area (Å²) in [6, 6.07) is 7.46. The van der Waals surface area contributed by atoms with Crippen LogP contribution in [0.4, 0.5) is 0 Å². The number of ether oxygens (including phenoxy) is 1. The first-order valence-corrected chi connectivity index (χ1v) is 10.4. The summed E-state index contributed by atoms with van der Waals surface area (Å²) in [6.07, 6.45) is 3.89. The Bertz CT molecular complexity index is 688. The third-order valence-electron chi connectivity index (χ3n) is 5.19. The molecule has 0 bridgehead atoms. The molecule has 25 heavy (non-hydrogen) atoms. The lowest BCUT2D eigenvalue weighted by atomic mass is 10.1. The highest BCUT2D eigenvalue weighted by molar-refractivity contribution is 7.89. The van der Waals surface area contributed by atoms with Crippen molar-refractivity contribution in [2.45, 2.75) is 37.4 Å². The Morgan fingerprint density at radius 3 is 2.24 bits per heavy atom. The molecule has 1 aromatic carbocycles. The third kappa shape index (κ3) is 4.15. The molecule has 1 aliphatic carbocycles. The Balaban J connectivity index is 1.53. The molecule has 7 heteroatoms. The highest BCUT2D eigenvalue weighted by Gasteiger charge is 2.36. The van der Waals surface area contributed by atoms with Crippen LogP contribution in [0, 0.1) is 0 Å². The van der Waals surface area contributed by atoms with Crippen molar-refractivity contribution in [3.63, 3.8) is 0 Å². The van der Waals surface area contributed by atoms with Crippen LogP contribution in [0.2, 0.25) is 0 Å². The molecule has 2 fully saturated rings. The quantitative estimate of drug-likeness (QED) is 0.795. The van der Waals surface area contributed by atoms with Gasteiger partial charge in [0.05, 0.1) is 18.8 Å². The molecular formula is C18H26N2O4S. The number of hydrogen-bond acceptors (Lipinski definition) is 4. The third-order valence-corrected chi connectivity index (χ3v) is 7.59. The highest BCUT2D eigenvalue weighted by Crippen LogP contribution is 2.27. The highest BCUT2D eigenvalue weighted by atomic mass is 32.2. The normalized spacial score (nSPS) is 20.0. The van der Waals surface area contributed by atoms with Gasteiger partial charge in [0.15, 0.2) is 0 Å². The van der Waals surface area contributed by atoms with Crippen molar-refractivity contribution >= 4 is 15.9 Å². The van der Waals surface area contributed by atoms with Crippen LogP contribution in [0.5, 0.6) is 5.75 Å². The summed E-state index contributed by atoms with van der Waals surface area (Å²) >= 11 is 0. The molecule has 0 radical (unpaired) electrons. The van der Waals surface area contributed by atoms with Gasteiger partial charge in [-0.2, -0.15) is 4.31 Å². The van der Waals surface area contributed by atoms with Gasteiger partial charge in [0.1, 0.15) is 5.75 Å². The molecule has 0 aromatic heterocycles. The zero-order valence-corrected chi connectivity index (χ0v) is 15.5. The van der Waals surface area contributed by atoms with Gasteiger partial charge in [-0.25, -0.2) is 8.42 Å². The molecular weight excluding hydrogens is 340 g/mol. The second-order valence-corrected chi connectivity index (χ2v) is 8.97. The topological polar surface area (TPSA) is 66.9 Å².